The normalized spacial score (nSPS) is 14.9. The topological polar surface area (TPSA) is 51.7 Å². The van der Waals surface area contributed by atoms with Crippen molar-refractivity contribution < 1.29 is 14.3 Å². The van der Waals surface area contributed by atoms with Crippen LogP contribution in [0.2, 0.25) is 0 Å². The maximum absolute atomic E-state index is 12.2. The first-order valence-electron chi connectivity index (χ1n) is 9.69. The maximum atomic E-state index is 12.2. The van der Waals surface area contributed by atoms with Crippen LogP contribution < -0.4 is 4.74 Å². The summed E-state index contributed by atoms with van der Waals surface area (Å²) in [7, 11) is 0. The Morgan fingerprint density at radius 1 is 1.14 bits per heavy atom. The number of hydrogen-bond donors (Lipinski definition) is 0. The highest BCUT2D eigenvalue weighted by molar-refractivity contribution is 7.09. The summed E-state index contributed by atoms with van der Waals surface area (Å²) in [6, 6.07) is 14.5. The molecule has 1 fully saturated rings. The van der Waals surface area contributed by atoms with E-state index in [4.69, 9.17) is 9.47 Å². The molecule has 28 heavy (non-hydrogen) atoms. The number of thiazole rings is 1. The molecule has 0 bridgehead atoms. The Balaban J connectivity index is 1.17. The van der Waals surface area contributed by atoms with Crippen molar-refractivity contribution in [2.45, 2.75) is 25.9 Å². The summed E-state index contributed by atoms with van der Waals surface area (Å²) >= 11 is 1.50. The summed E-state index contributed by atoms with van der Waals surface area (Å²) in [5.41, 5.74) is 0. The number of hydrogen-bond acceptors (Lipinski definition) is 5. The number of amides is 1. The lowest BCUT2D eigenvalue weighted by Crippen LogP contribution is -2.39. The molecule has 0 N–H and O–H groups in total. The van der Waals surface area contributed by atoms with Crippen LogP contribution in [-0.2, 0) is 11.3 Å². The fourth-order valence-electron chi connectivity index (χ4n) is 3.54. The molecule has 0 atom stereocenters. The molecule has 1 amide bonds. The first kappa shape index (κ1) is 18.7. The van der Waals surface area contributed by atoms with Crippen LogP contribution in [0.3, 0.4) is 0 Å². The second-order valence-corrected chi connectivity index (χ2v) is 8.04. The van der Waals surface area contributed by atoms with Gasteiger partial charge in [-0.2, -0.15) is 0 Å². The number of fused-ring (bicyclic) bond motifs is 1. The predicted molar refractivity (Wildman–Crippen MR) is 111 cm³/mol. The van der Waals surface area contributed by atoms with Gasteiger partial charge in [-0.05, 0) is 48.1 Å². The van der Waals surface area contributed by atoms with Gasteiger partial charge in [0, 0.05) is 24.7 Å². The van der Waals surface area contributed by atoms with Crippen molar-refractivity contribution in [3.8, 4) is 5.75 Å². The van der Waals surface area contributed by atoms with Crippen molar-refractivity contribution in [1.82, 2.24) is 9.88 Å². The van der Waals surface area contributed by atoms with Gasteiger partial charge in [0.05, 0.1) is 6.61 Å². The smallest absolute Gasteiger partial charge is 0.410 e. The summed E-state index contributed by atoms with van der Waals surface area (Å²) in [5, 5.41) is 5.14. The van der Waals surface area contributed by atoms with Crippen LogP contribution >= 0.6 is 11.3 Å². The fourth-order valence-corrected chi connectivity index (χ4v) is 4.07. The van der Waals surface area contributed by atoms with Gasteiger partial charge < -0.3 is 14.4 Å². The Morgan fingerprint density at radius 3 is 2.75 bits per heavy atom. The average molecular weight is 397 g/mol. The summed E-state index contributed by atoms with van der Waals surface area (Å²) < 4.78 is 11.3. The third-order valence-corrected chi connectivity index (χ3v) is 5.94. The van der Waals surface area contributed by atoms with Gasteiger partial charge in [0.1, 0.15) is 17.4 Å². The lowest BCUT2D eigenvalue weighted by Gasteiger charge is -2.31. The van der Waals surface area contributed by atoms with Gasteiger partial charge in [-0.25, -0.2) is 9.78 Å². The number of piperidine rings is 1. The van der Waals surface area contributed by atoms with Crippen molar-refractivity contribution in [1.29, 1.82) is 0 Å². The van der Waals surface area contributed by atoms with Crippen LogP contribution in [0, 0.1) is 5.92 Å². The summed E-state index contributed by atoms with van der Waals surface area (Å²) in [6.45, 7) is 2.46. The molecule has 3 aromatic rings. The number of rotatable bonds is 6. The number of benzene rings is 2. The molecule has 0 aliphatic carbocycles. The van der Waals surface area contributed by atoms with E-state index in [9.17, 15) is 4.79 Å². The van der Waals surface area contributed by atoms with Crippen LogP contribution in [0.4, 0.5) is 4.79 Å². The Bertz CT molecular complexity index is 905. The van der Waals surface area contributed by atoms with E-state index >= 15 is 0 Å². The van der Waals surface area contributed by atoms with Crippen molar-refractivity contribution >= 4 is 28.2 Å². The minimum atomic E-state index is -0.235. The fraction of sp³-hybridized carbons (Fsp3) is 0.364. The van der Waals surface area contributed by atoms with E-state index in [0.717, 1.165) is 43.1 Å². The van der Waals surface area contributed by atoms with Gasteiger partial charge in [0.25, 0.3) is 0 Å². The molecule has 1 aliphatic heterocycles. The van der Waals surface area contributed by atoms with Gasteiger partial charge in [-0.15, -0.1) is 11.3 Å². The van der Waals surface area contributed by atoms with Crippen molar-refractivity contribution in [3.05, 3.63) is 59.0 Å². The molecule has 0 radical (unpaired) electrons. The molecule has 5 nitrogen and oxygen atoms in total. The van der Waals surface area contributed by atoms with E-state index in [1.807, 2.05) is 23.6 Å². The molecule has 0 unspecified atom stereocenters. The van der Waals surface area contributed by atoms with E-state index in [1.54, 1.807) is 11.1 Å². The van der Waals surface area contributed by atoms with Crippen LogP contribution in [-0.4, -0.2) is 35.7 Å². The average Bonchev–Trinajstić information content (AvgIpc) is 3.26. The Morgan fingerprint density at radius 2 is 1.96 bits per heavy atom. The highest BCUT2D eigenvalue weighted by Gasteiger charge is 2.23. The van der Waals surface area contributed by atoms with Crippen molar-refractivity contribution in [2.75, 3.05) is 19.7 Å². The Labute approximate surface area is 168 Å². The van der Waals surface area contributed by atoms with E-state index in [2.05, 4.69) is 29.2 Å². The van der Waals surface area contributed by atoms with Crippen LogP contribution in [0.5, 0.6) is 5.75 Å². The highest BCUT2D eigenvalue weighted by Crippen LogP contribution is 2.24. The number of nitrogens with zero attached hydrogens (tertiary/aromatic N) is 2. The van der Waals surface area contributed by atoms with Crippen LogP contribution in [0.15, 0.2) is 54.0 Å². The Hall–Kier alpha value is -2.60. The zero-order valence-electron chi connectivity index (χ0n) is 15.8. The van der Waals surface area contributed by atoms with Gasteiger partial charge >= 0.3 is 6.09 Å². The quantitative estimate of drug-likeness (QED) is 0.581. The number of aromatic nitrogens is 1. The molecule has 2 aromatic carbocycles. The van der Waals surface area contributed by atoms with Crippen LogP contribution in [0.1, 0.15) is 24.3 Å². The zero-order valence-corrected chi connectivity index (χ0v) is 16.6. The van der Waals surface area contributed by atoms with Crippen LogP contribution in [0.25, 0.3) is 10.8 Å². The van der Waals surface area contributed by atoms with Crippen molar-refractivity contribution in [2.24, 2.45) is 5.92 Å². The standard InChI is InChI=1S/C22H24N2O3S/c25-22(27-16-21-23-10-14-28-21)24-11-7-17(8-12-24)9-13-26-20-6-5-18-3-1-2-4-19(18)15-20/h1-6,10,14-15,17H,7-9,11-13,16H2. The maximum Gasteiger partial charge on any atom is 0.410 e. The number of likely N-dealkylation sites (tertiary alicyclic amines) is 1. The number of ether oxygens (including phenoxy) is 2. The second-order valence-electron chi connectivity index (χ2n) is 7.06. The second kappa shape index (κ2) is 9.06. The molecule has 2 heterocycles. The Kier molecular flexibility index (Phi) is 6.07. The first-order valence-corrected chi connectivity index (χ1v) is 10.6. The molecule has 146 valence electrons. The third-order valence-electron chi connectivity index (χ3n) is 5.19. The van der Waals surface area contributed by atoms with E-state index in [0.29, 0.717) is 12.5 Å². The molecular formula is C22H24N2O3S. The molecular weight excluding hydrogens is 372 g/mol. The molecule has 1 aromatic heterocycles. The lowest BCUT2D eigenvalue weighted by atomic mass is 9.94. The van der Waals surface area contributed by atoms with Gasteiger partial charge in [-0.1, -0.05) is 30.3 Å². The van der Waals surface area contributed by atoms with E-state index < -0.39 is 0 Å². The minimum Gasteiger partial charge on any atom is -0.494 e. The SMILES string of the molecule is O=C(OCc1nccs1)N1CCC(CCOc2ccc3ccccc3c2)CC1. The van der Waals surface area contributed by atoms with E-state index in [-0.39, 0.29) is 12.7 Å². The zero-order chi connectivity index (χ0) is 19.2. The number of carbonyl (C=O) groups excluding carboxylic acids is 1. The largest absolute Gasteiger partial charge is 0.494 e. The van der Waals surface area contributed by atoms with E-state index in [1.165, 1.54) is 22.1 Å². The van der Waals surface area contributed by atoms with Crippen molar-refractivity contribution in [3.63, 3.8) is 0 Å². The minimum absolute atomic E-state index is 0.235. The monoisotopic (exact) mass is 396 g/mol. The molecule has 1 saturated heterocycles. The molecule has 1 aliphatic rings. The van der Waals surface area contributed by atoms with Gasteiger partial charge in [0.2, 0.25) is 0 Å². The summed E-state index contributed by atoms with van der Waals surface area (Å²) in [6.07, 6.45) is 4.48. The van der Waals surface area contributed by atoms with Gasteiger partial charge in [0.15, 0.2) is 0 Å². The predicted octanol–water partition coefficient (Wildman–Crippen LogP) is 5.11. The van der Waals surface area contributed by atoms with Gasteiger partial charge in [-0.3, -0.25) is 0 Å². The molecule has 0 spiro atoms. The lowest BCUT2D eigenvalue weighted by molar-refractivity contribution is 0.0799. The molecule has 4 rings (SSSR count). The summed E-state index contributed by atoms with van der Waals surface area (Å²) in [4.78, 5) is 18.1. The molecule has 0 saturated carbocycles. The number of carbonyl (C=O) groups is 1. The molecule has 6 heteroatoms. The summed E-state index contributed by atoms with van der Waals surface area (Å²) in [5.74, 6) is 1.50. The third kappa shape index (κ3) is 4.81. The highest BCUT2D eigenvalue weighted by atomic mass is 32.1. The first-order chi connectivity index (χ1) is 13.8.